The minimum absolute atomic E-state index is 0.214. The summed E-state index contributed by atoms with van der Waals surface area (Å²) >= 11 is 0. The molecule has 0 atom stereocenters. The van der Waals surface area contributed by atoms with Crippen molar-refractivity contribution in [3.05, 3.63) is 24.1 Å². The van der Waals surface area contributed by atoms with Gasteiger partial charge in [-0.2, -0.15) is 4.39 Å². The topological polar surface area (TPSA) is 54.0 Å². The van der Waals surface area contributed by atoms with Gasteiger partial charge in [0.2, 0.25) is 11.9 Å². The minimum atomic E-state index is -0.602. The molecular weight excluding hydrogens is 197 g/mol. The number of hydrogen-bond donors (Lipinski definition) is 2. The second-order valence-electron chi connectivity index (χ2n) is 3.07. The molecular formula is C10H14FN3O. The van der Waals surface area contributed by atoms with Gasteiger partial charge in [0.1, 0.15) is 5.82 Å². The van der Waals surface area contributed by atoms with Crippen molar-refractivity contribution < 1.29 is 9.18 Å². The number of rotatable bonds is 5. The maximum atomic E-state index is 12.6. The zero-order chi connectivity index (χ0) is 11.1. The fourth-order valence-corrected chi connectivity index (χ4v) is 1.04. The molecule has 1 aromatic rings. The Labute approximate surface area is 87.9 Å². The van der Waals surface area contributed by atoms with E-state index in [4.69, 9.17) is 0 Å². The highest BCUT2D eigenvalue weighted by Crippen LogP contribution is 2.02. The Kier molecular flexibility index (Phi) is 4.70. The number of hydrogen-bond acceptors (Lipinski definition) is 3. The molecule has 0 aromatic carbocycles. The lowest BCUT2D eigenvalue weighted by molar-refractivity contribution is -0.115. The van der Waals surface area contributed by atoms with Crippen molar-refractivity contribution in [1.29, 1.82) is 0 Å². The van der Waals surface area contributed by atoms with E-state index in [9.17, 15) is 9.18 Å². The standard InChI is InChI=1S/C10H14FN3O/c1-2-6-12-7-10(15)14-9-5-3-4-8(11)13-9/h3-5,12H,2,6-7H2,1H3,(H,13,14,15). The van der Waals surface area contributed by atoms with Crippen LogP contribution in [0.2, 0.25) is 0 Å². The van der Waals surface area contributed by atoms with Crippen LogP contribution in [0, 0.1) is 5.95 Å². The van der Waals surface area contributed by atoms with E-state index in [0.29, 0.717) is 0 Å². The van der Waals surface area contributed by atoms with E-state index in [1.807, 2.05) is 6.92 Å². The molecule has 1 heterocycles. The Balaban J connectivity index is 2.37. The van der Waals surface area contributed by atoms with Crippen molar-refractivity contribution in [3.63, 3.8) is 0 Å². The second-order valence-corrected chi connectivity index (χ2v) is 3.07. The summed E-state index contributed by atoms with van der Waals surface area (Å²) in [5, 5.41) is 5.43. The molecule has 0 aliphatic carbocycles. The monoisotopic (exact) mass is 211 g/mol. The largest absolute Gasteiger partial charge is 0.309 e. The smallest absolute Gasteiger partial charge is 0.239 e. The van der Waals surface area contributed by atoms with Crippen LogP contribution in [-0.2, 0) is 4.79 Å². The van der Waals surface area contributed by atoms with Gasteiger partial charge in [-0.3, -0.25) is 4.79 Å². The zero-order valence-electron chi connectivity index (χ0n) is 8.59. The van der Waals surface area contributed by atoms with Gasteiger partial charge in [-0.1, -0.05) is 13.0 Å². The van der Waals surface area contributed by atoms with E-state index < -0.39 is 5.95 Å². The predicted molar refractivity (Wildman–Crippen MR) is 56.0 cm³/mol. The number of halogens is 1. The molecule has 5 heteroatoms. The molecule has 2 N–H and O–H groups in total. The Morgan fingerprint density at radius 1 is 1.53 bits per heavy atom. The Morgan fingerprint density at radius 3 is 3.00 bits per heavy atom. The van der Waals surface area contributed by atoms with Gasteiger partial charge in [0, 0.05) is 0 Å². The van der Waals surface area contributed by atoms with Crippen LogP contribution in [0.4, 0.5) is 10.2 Å². The third-order valence-electron chi connectivity index (χ3n) is 1.69. The number of pyridine rings is 1. The first kappa shape index (κ1) is 11.6. The number of nitrogens with one attached hydrogen (secondary N) is 2. The van der Waals surface area contributed by atoms with Crippen LogP contribution in [0.15, 0.2) is 18.2 Å². The van der Waals surface area contributed by atoms with Gasteiger partial charge in [0.05, 0.1) is 6.54 Å². The van der Waals surface area contributed by atoms with Gasteiger partial charge in [-0.15, -0.1) is 0 Å². The fourth-order valence-electron chi connectivity index (χ4n) is 1.04. The molecule has 15 heavy (non-hydrogen) atoms. The highest BCUT2D eigenvalue weighted by Gasteiger charge is 2.02. The SMILES string of the molecule is CCCNCC(=O)Nc1cccc(F)n1. The van der Waals surface area contributed by atoms with E-state index in [-0.39, 0.29) is 18.3 Å². The molecule has 0 aliphatic heterocycles. The van der Waals surface area contributed by atoms with Crippen LogP contribution in [0.5, 0.6) is 0 Å². The molecule has 0 unspecified atom stereocenters. The van der Waals surface area contributed by atoms with Crippen molar-refractivity contribution in [2.75, 3.05) is 18.4 Å². The summed E-state index contributed by atoms with van der Waals surface area (Å²) in [7, 11) is 0. The number of carbonyl (C=O) groups excluding carboxylic acids is 1. The Bertz CT molecular complexity index is 330. The van der Waals surface area contributed by atoms with Crippen molar-refractivity contribution in [1.82, 2.24) is 10.3 Å². The van der Waals surface area contributed by atoms with E-state index in [2.05, 4.69) is 15.6 Å². The Hall–Kier alpha value is -1.49. The maximum Gasteiger partial charge on any atom is 0.239 e. The molecule has 0 fully saturated rings. The summed E-state index contributed by atoms with van der Waals surface area (Å²) in [6.07, 6.45) is 0.964. The third kappa shape index (κ3) is 4.51. The van der Waals surface area contributed by atoms with Crippen LogP contribution in [0.3, 0.4) is 0 Å². The Morgan fingerprint density at radius 2 is 2.33 bits per heavy atom. The fraction of sp³-hybridized carbons (Fsp3) is 0.400. The molecule has 1 amide bonds. The van der Waals surface area contributed by atoms with E-state index >= 15 is 0 Å². The number of nitrogens with zero attached hydrogens (tertiary/aromatic N) is 1. The summed E-state index contributed by atoms with van der Waals surface area (Å²) in [4.78, 5) is 14.8. The molecule has 1 rings (SSSR count). The van der Waals surface area contributed by atoms with E-state index in [0.717, 1.165) is 13.0 Å². The predicted octanol–water partition coefficient (Wildman–Crippen LogP) is 1.16. The molecule has 0 radical (unpaired) electrons. The third-order valence-corrected chi connectivity index (χ3v) is 1.69. The van der Waals surface area contributed by atoms with Gasteiger partial charge in [-0.25, -0.2) is 4.98 Å². The minimum Gasteiger partial charge on any atom is -0.309 e. The van der Waals surface area contributed by atoms with Crippen LogP contribution >= 0.6 is 0 Å². The highest BCUT2D eigenvalue weighted by atomic mass is 19.1. The lowest BCUT2D eigenvalue weighted by atomic mass is 10.4. The summed E-state index contributed by atoms with van der Waals surface area (Å²) in [6, 6.07) is 4.27. The molecule has 82 valence electrons. The molecule has 1 aromatic heterocycles. The van der Waals surface area contributed by atoms with Gasteiger partial charge in [-0.05, 0) is 25.1 Å². The maximum absolute atomic E-state index is 12.6. The van der Waals surface area contributed by atoms with Crippen molar-refractivity contribution in [2.45, 2.75) is 13.3 Å². The summed E-state index contributed by atoms with van der Waals surface area (Å²) in [6.45, 7) is 3.01. The first-order valence-electron chi connectivity index (χ1n) is 4.85. The van der Waals surface area contributed by atoms with Crippen molar-refractivity contribution in [3.8, 4) is 0 Å². The number of amides is 1. The summed E-state index contributed by atoms with van der Waals surface area (Å²) < 4.78 is 12.6. The lowest BCUT2D eigenvalue weighted by Crippen LogP contribution is -2.28. The molecule has 0 aliphatic rings. The number of anilines is 1. The number of carbonyl (C=O) groups is 1. The van der Waals surface area contributed by atoms with Gasteiger partial charge < -0.3 is 10.6 Å². The van der Waals surface area contributed by atoms with Crippen molar-refractivity contribution >= 4 is 11.7 Å². The first-order chi connectivity index (χ1) is 7.22. The molecule has 4 nitrogen and oxygen atoms in total. The van der Waals surface area contributed by atoms with Crippen LogP contribution in [0.25, 0.3) is 0 Å². The quantitative estimate of drug-likeness (QED) is 0.567. The van der Waals surface area contributed by atoms with E-state index in [1.54, 1.807) is 6.07 Å². The summed E-state index contributed by atoms with van der Waals surface area (Å²) in [5.41, 5.74) is 0. The lowest BCUT2D eigenvalue weighted by Gasteiger charge is -2.04. The highest BCUT2D eigenvalue weighted by molar-refractivity contribution is 5.91. The summed E-state index contributed by atoms with van der Waals surface area (Å²) in [5.74, 6) is -0.589. The zero-order valence-corrected chi connectivity index (χ0v) is 8.59. The second kappa shape index (κ2) is 6.08. The normalized spacial score (nSPS) is 10.0. The molecule has 0 saturated heterocycles. The van der Waals surface area contributed by atoms with Crippen LogP contribution < -0.4 is 10.6 Å². The van der Waals surface area contributed by atoms with Gasteiger partial charge in [0.25, 0.3) is 0 Å². The number of aromatic nitrogens is 1. The molecule has 0 spiro atoms. The average Bonchev–Trinajstić information content (AvgIpc) is 2.18. The van der Waals surface area contributed by atoms with E-state index in [1.165, 1.54) is 12.1 Å². The van der Waals surface area contributed by atoms with Gasteiger partial charge >= 0.3 is 0 Å². The van der Waals surface area contributed by atoms with Crippen molar-refractivity contribution in [2.24, 2.45) is 0 Å². The molecule has 0 bridgehead atoms. The first-order valence-corrected chi connectivity index (χ1v) is 4.85. The average molecular weight is 211 g/mol. The van der Waals surface area contributed by atoms with Crippen LogP contribution in [-0.4, -0.2) is 24.0 Å². The molecule has 0 saturated carbocycles. The van der Waals surface area contributed by atoms with Crippen LogP contribution in [0.1, 0.15) is 13.3 Å². The van der Waals surface area contributed by atoms with Gasteiger partial charge in [0.15, 0.2) is 0 Å².